The lowest BCUT2D eigenvalue weighted by Gasteiger charge is -2.40. The number of hydrogen-bond acceptors (Lipinski definition) is 5. The molecule has 1 aliphatic rings. The van der Waals surface area contributed by atoms with Gasteiger partial charge in [0.25, 0.3) is 0 Å². The van der Waals surface area contributed by atoms with Crippen molar-refractivity contribution in [2.75, 3.05) is 29.4 Å². The molecule has 1 fully saturated rings. The van der Waals surface area contributed by atoms with E-state index in [1.54, 1.807) is 12.3 Å². The fourth-order valence-electron chi connectivity index (χ4n) is 3.62. The lowest BCUT2D eigenvalue weighted by molar-refractivity contribution is -0.137. The number of aliphatic hydroxyl groups excluding tert-OH is 1. The van der Waals surface area contributed by atoms with Gasteiger partial charge in [-0.1, -0.05) is 11.6 Å². The number of halogens is 5. The molecule has 0 radical (unpaired) electrons. The molecule has 0 spiro atoms. The van der Waals surface area contributed by atoms with Crippen molar-refractivity contribution in [3.63, 3.8) is 0 Å². The van der Waals surface area contributed by atoms with E-state index < -0.39 is 11.7 Å². The number of anilines is 2. The highest BCUT2D eigenvalue weighted by Gasteiger charge is 2.32. The van der Waals surface area contributed by atoms with Gasteiger partial charge in [0.2, 0.25) is 5.95 Å². The molecule has 4 rings (SSSR count). The molecule has 1 atom stereocenters. The molecule has 3 aromatic rings. The Hall–Kier alpha value is -1.79. The summed E-state index contributed by atoms with van der Waals surface area (Å²) in [5.41, 5.74) is 0.839. The van der Waals surface area contributed by atoms with Crippen LogP contribution in [0.2, 0.25) is 5.02 Å². The van der Waals surface area contributed by atoms with Crippen LogP contribution in [0.1, 0.15) is 18.1 Å². The van der Waals surface area contributed by atoms with Crippen LogP contribution < -0.4 is 9.80 Å². The SMILES string of the molecule is C[C@@H]1CN(c2ncc(CO)cc2Cl)CCN1c1nc2c(I)cc(C(F)(F)F)cc2[nH]1. The van der Waals surface area contributed by atoms with Crippen molar-refractivity contribution in [1.82, 2.24) is 15.0 Å². The number of alkyl halides is 3. The lowest BCUT2D eigenvalue weighted by Crippen LogP contribution is -2.52. The number of imidazole rings is 1. The van der Waals surface area contributed by atoms with Gasteiger partial charge in [0, 0.05) is 35.4 Å². The first-order valence-corrected chi connectivity index (χ1v) is 10.7. The standard InChI is InChI=1S/C19H18ClF3IN5O/c1-10-8-28(17-13(20)4-11(9-30)7-25-17)2-3-29(10)18-26-15-6-12(19(21,22)23)5-14(24)16(15)27-18/h4-7,10,30H,2-3,8-9H2,1H3,(H,26,27)/t10-/m1/s1. The average Bonchev–Trinajstić information content (AvgIpc) is 3.11. The fourth-order valence-corrected chi connectivity index (χ4v) is 4.67. The van der Waals surface area contributed by atoms with Crippen LogP contribution in [0.25, 0.3) is 11.0 Å². The fraction of sp³-hybridized carbons (Fsp3) is 0.368. The summed E-state index contributed by atoms with van der Waals surface area (Å²) in [5.74, 6) is 1.19. The number of hydrogen-bond donors (Lipinski definition) is 2. The number of fused-ring (bicyclic) bond motifs is 1. The van der Waals surface area contributed by atoms with Gasteiger partial charge >= 0.3 is 6.18 Å². The van der Waals surface area contributed by atoms with E-state index in [0.717, 1.165) is 12.1 Å². The summed E-state index contributed by atoms with van der Waals surface area (Å²) in [6.07, 6.45) is -2.81. The Labute approximate surface area is 189 Å². The quantitative estimate of drug-likeness (QED) is 0.471. The number of rotatable bonds is 3. The smallest absolute Gasteiger partial charge is 0.392 e. The minimum absolute atomic E-state index is 0.0226. The second kappa shape index (κ2) is 8.04. The van der Waals surface area contributed by atoms with Crippen molar-refractivity contribution in [3.8, 4) is 0 Å². The number of pyridine rings is 1. The van der Waals surface area contributed by atoms with Crippen LogP contribution in [-0.2, 0) is 12.8 Å². The Morgan fingerprint density at radius 2 is 2.07 bits per heavy atom. The van der Waals surface area contributed by atoms with E-state index >= 15 is 0 Å². The maximum atomic E-state index is 13.1. The van der Waals surface area contributed by atoms with E-state index in [9.17, 15) is 18.3 Å². The lowest BCUT2D eigenvalue weighted by atomic mass is 10.2. The maximum Gasteiger partial charge on any atom is 0.416 e. The summed E-state index contributed by atoms with van der Waals surface area (Å²) >= 11 is 8.21. The third-order valence-electron chi connectivity index (χ3n) is 5.11. The first kappa shape index (κ1) is 21.4. The van der Waals surface area contributed by atoms with Crippen LogP contribution in [0, 0.1) is 3.57 Å². The molecule has 1 aromatic carbocycles. The first-order chi connectivity index (χ1) is 14.2. The van der Waals surface area contributed by atoms with Crippen molar-refractivity contribution in [2.45, 2.75) is 25.7 Å². The van der Waals surface area contributed by atoms with Gasteiger partial charge in [-0.25, -0.2) is 9.97 Å². The number of H-pyrrole nitrogens is 1. The number of nitrogens with zero attached hydrogens (tertiary/aromatic N) is 4. The maximum absolute atomic E-state index is 13.1. The minimum atomic E-state index is -4.41. The van der Waals surface area contributed by atoms with Gasteiger partial charge in [-0.05, 0) is 53.3 Å². The van der Waals surface area contributed by atoms with Crippen molar-refractivity contribution >= 4 is 57.0 Å². The van der Waals surface area contributed by atoms with Gasteiger partial charge in [0.1, 0.15) is 11.3 Å². The average molecular weight is 552 g/mol. The van der Waals surface area contributed by atoms with E-state index in [0.29, 0.717) is 56.6 Å². The van der Waals surface area contributed by atoms with Gasteiger partial charge in [-0.3, -0.25) is 0 Å². The predicted octanol–water partition coefficient (Wildman–Crippen LogP) is 4.44. The summed E-state index contributed by atoms with van der Waals surface area (Å²) in [7, 11) is 0. The van der Waals surface area contributed by atoms with E-state index in [2.05, 4.69) is 19.9 Å². The second-order valence-corrected chi connectivity index (χ2v) is 8.78. The van der Waals surface area contributed by atoms with Gasteiger partial charge in [-0.2, -0.15) is 13.2 Å². The van der Waals surface area contributed by atoms with E-state index in [-0.39, 0.29) is 12.6 Å². The second-order valence-electron chi connectivity index (χ2n) is 7.21. The summed E-state index contributed by atoms with van der Waals surface area (Å²) < 4.78 is 39.8. The number of nitrogens with one attached hydrogen (secondary N) is 1. The van der Waals surface area contributed by atoms with Crippen molar-refractivity contribution < 1.29 is 18.3 Å². The molecule has 30 heavy (non-hydrogen) atoms. The molecule has 2 aromatic heterocycles. The molecule has 0 saturated carbocycles. The van der Waals surface area contributed by atoms with E-state index in [4.69, 9.17) is 11.6 Å². The molecule has 6 nitrogen and oxygen atoms in total. The highest BCUT2D eigenvalue weighted by atomic mass is 127. The molecule has 160 valence electrons. The number of benzene rings is 1. The van der Waals surface area contributed by atoms with Crippen LogP contribution in [0.5, 0.6) is 0 Å². The zero-order valence-electron chi connectivity index (χ0n) is 15.8. The van der Waals surface area contributed by atoms with Crippen LogP contribution in [-0.4, -0.2) is 45.7 Å². The number of piperazine rings is 1. The molecular formula is C19H18ClF3IN5O. The normalized spacial score (nSPS) is 17.8. The first-order valence-electron chi connectivity index (χ1n) is 9.20. The zero-order chi connectivity index (χ0) is 21.6. The number of aliphatic hydroxyl groups is 1. The topological polar surface area (TPSA) is 68.3 Å². The van der Waals surface area contributed by atoms with Crippen molar-refractivity contribution in [3.05, 3.63) is 44.1 Å². The minimum Gasteiger partial charge on any atom is -0.392 e. The predicted molar refractivity (Wildman–Crippen MR) is 118 cm³/mol. The van der Waals surface area contributed by atoms with E-state index in [1.165, 1.54) is 0 Å². The van der Waals surface area contributed by atoms with Crippen LogP contribution >= 0.6 is 34.2 Å². The van der Waals surface area contributed by atoms with Crippen molar-refractivity contribution in [2.24, 2.45) is 0 Å². The van der Waals surface area contributed by atoms with Crippen molar-refractivity contribution in [1.29, 1.82) is 0 Å². The third-order valence-corrected chi connectivity index (χ3v) is 6.22. The summed E-state index contributed by atoms with van der Waals surface area (Å²) in [6.45, 7) is 3.73. The molecule has 1 saturated heterocycles. The summed E-state index contributed by atoms with van der Waals surface area (Å²) in [6, 6.07) is 3.93. The highest BCUT2D eigenvalue weighted by Crippen LogP contribution is 2.34. The molecule has 0 unspecified atom stereocenters. The van der Waals surface area contributed by atoms with Gasteiger partial charge < -0.3 is 19.9 Å². The Kier molecular flexibility index (Phi) is 5.75. The summed E-state index contributed by atoms with van der Waals surface area (Å²) in [4.78, 5) is 16.1. The zero-order valence-corrected chi connectivity index (χ0v) is 18.8. The molecule has 11 heteroatoms. The monoisotopic (exact) mass is 551 g/mol. The third kappa shape index (κ3) is 4.04. The van der Waals surface area contributed by atoms with Gasteiger partial charge in [0.05, 0.1) is 22.7 Å². The Morgan fingerprint density at radius 1 is 1.30 bits per heavy atom. The molecule has 3 heterocycles. The molecule has 0 aliphatic carbocycles. The molecule has 1 aliphatic heterocycles. The Balaban J connectivity index is 1.58. The van der Waals surface area contributed by atoms with Gasteiger partial charge in [0.15, 0.2) is 0 Å². The molecule has 0 amide bonds. The van der Waals surface area contributed by atoms with Crippen LogP contribution in [0.4, 0.5) is 24.9 Å². The summed E-state index contributed by atoms with van der Waals surface area (Å²) in [5, 5.41) is 9.69. The number of aromatic nitrogens is 3. The highest BCUT2D eigenvalue weighted by molar-refractivity contribution is 14.1. The Morgan fingerprint density at radius 3 is 2.70 bits per heavy atom. The van der Waals surface area contributed by atoms with Gasteiger partial charge in [-0.15, -0.1) is 0 Å². The Bertz CT molecular complexity index is 1090. The molecule has 2 N–H and O–H groups in total. The largest absolute Gasteiger partial charge is 0.416 e. The molecular weight excluding hydrogens is 534 g/mol. The van der Waals surface area contributed by atoms with E-state index in [1.807, 2.05) is 34.4 Å². The molecule has 0 bridgehead atoms. The van der Waals surface area contributed by atoms with Crippen LogP contribution in [0.15, 0.2) is 24.4 Å². The van der Waals surface area contributed by atoms with Crippen LogP contribution in [0.3, 0.4) is 0 Å². The number of aromatic amines is 1.